The molecule has 8 aromatic carbocycles. The van der Waals surface area contributed by atoms with Gasteiger partial charge < -0.3 is 4.42 Å². The van der Waals surface area contributed by atoms with E-state index in [1.807, 2.05) is 12.1 Å². The third-order valence-electron chi connectivity index (χ3n) is 9.57. The molecule has 0 fully saturated rings. The molecule has 45 heavy (non-hydrogen) atoms. The fourth-order valence-corrected chi connectivity index (χ4v) is 7.29. The monoisotopic (exact) mass is 576 g/mol. The fraction of sp³-hybridized carbons (Fsp3) is 0.0909. The minimum atomic E-state index is 0.0741. The second-order valence-corrected chi connectivity index (χ2v) is 13.3. The SMILES string of the molecule is CC(C)(C)c1cc2ccc3c(-c4ccccc4)cc(-c4ccccc4-c4ccc5c(c4)oc4ccccc45)c4ccc(c1)c2c34. The standard InChI is InChI=1S/C44H32O/c1-44(2,3)31-23-29-18-21-36-38(27-11-5-4-6-12-27)26-39(37-22-19-30(24-31)42(29)43(36)37)33-14-8-7-13-32(33)28-17-20-35-34-15-9-10-16-40(34)45-41(35)25-28/h4-26H,1-3H3. The van der Waals surface area contributed by atoms with Crippen molar-refractivity contribution in [1.82, 2.24) is 0 Å². The van der Waals surface area contributed by atoms with Crippen molar-refractivity contribution in [3.8, 4) is 33.4 Å². The molecule has 0 spiro atoms. The Bertz CT molecular complexity index is 2540. The molecule has 0 saturated carbocycles. The minimum Gasteiger partial charge on any atom is -0.456 e. The Morgan fingerprint density at radius 1 is 0.400 bits per heavy atom. The summed E-state index contributed by atoms with van der Waals surface area (Å²) in [5.41, 5.74) is 10.6. The number of hydrogen-bond donors (Lipinski definition) is 0. The summed E-state index contributed by atoms with van der Waals surface area (Å²) in [6, 6.07) is 51.1. The highest BCUT2D eigenvalue weighted by Crippen LogP contribution is 2.47. The van der Waals surface area contributed by atoms with Crippen LogP contribution < -0.4 is 0 Å². The molecule has 1 heterocycles. The molecule has 0 radical (unpaired) electrons. The van der Waals surface area contributed by atoms with Gasteiger partial charge in [-0.1, -0.05) is 136 Å². The maximum absolute atomic E-state index is 6.32. The Hall–Kier alpha value is -5.40. The lowest BCUT2D eigenvalue weighted by atomic mass is 9.81. The lowest BCUT2D eigenvalue weighted by Crippen LogP contribution is -2.10. The Balaban J connectivity index is 1.36. The quantitative estimate of drug-likeness (QED) is 0.191. The van der Waals surface area contributed by atoms with Gasteiger partial charge in [-0.15, -0.1) is 0 Å². The number of fused-ring (bicyclic) bond motifs is 3. The van der Waals surface area contributed by atoms with Crippen LogP contribution >= 0.6 is 0 Å². The van der Waals surface area contributed by atoms with Crippen molar-refractivity contribution in [1.29, 1.82) is 0 Å². The number of benzene rings is 8. The number of para-hydroxylation sites is 1. The molecule has 1 nitrogen and oxygen atoms in total. The highest BCUT2D eigenvalue weighted by Gasteiger charge is 2.21. The maximum Gasteiger partial charge on any atom is 0.136 e. The summed E-state index contributed by atoms with van der Waals surface area (Å²) in [6.07, 6.45) is 0. The van der Waals surface area contributed by atoms with Crippen molar-refractivity contribution in [2.75, 3.05) is 0 Å². The Labute approximate surface area is 262 Å². The zero-order chi connectivity index (χ0) is 30.3. The molecule has 0 unspecified atom stereocenters. The van der Waals surface area contributed by atoms with Gasteiger partial charge in [-0.05, 0) is 101 Å². The summed E-state index contributed by atoms with van der Waals surface area (Å²) in [5, 5.41) is 10.2. The molecule has 9 aromatic rings. The number of rotatable bonds is 3. The van der Waals surface area contributed by atoms with E-state index in [1.54, 1.807) is 0 Å². The van der Waals surface area contributed by atoms with Gasteiger partial charge in [-0.2, -0.15) is 0 Å². The van der Waals surface area contributed by atoms with Gasteiger partial charge in [-0.25, -0.2) is 0 Å². The van der Waals surface area contributed by atoms with Crippen LogP contribution in [0.4, 0.5) is 0 Å². The van der Waals surface area contributed by atoms with Gasteiger partial charge in [-0.3, -0.25) is 0 Å². The van der Waals surface area contributed by atoms with E-state index in [0.29, 0.717) is 0 Å². The van der Waals surface area contributed by atoms with E-state index in [4.69, 9.17) is 4.42 Å². The zero-order valence-corrected chi connectivity index (χ0v) is 25.7. The highest BCUT2D eigenvalue weighted by atomic mass is 16.3. The molecule has 0 aliphatic heterocycles. The molecule has 214 valence electrons. The summed E-state index contributed by atoms with van der Waals surface area (Å²) in [4.78, 5) is 0. The van der Waals surface area contributed by atoms with E-state index >= 15 is 0 Å². The first-order chi connectivity index (χ1) is 21.9. The average molecular weight is 577 g/mol. The van der Waals surface area contributed by atoms with Gasteiger partial charge in [0.2, 0.25) is 0 Å². The molecule has 9 rings (SSSR count). The number of hydrogen-bond acceptors (Lipinski definition) is 1. The molecule has 0 saturated heterocycles. The first kappa shape index (κ1) is 26.0. The molecule has 0 atom stereocenters. The van der Waals surface area contributed by atoms with Crippen molar-refractivity contribution >= 4 is 54.3 Å². The maximum atomic E-state index is 6.32. The lowest BCUT2D eigenvalue weighted by molar-refractivity contribution is 0.591. The average Bonchev–Trinajstić information content (AvgIpc) is 3.44. The second kappa shape index (κ2) is 9.55. The van der Waals surface area contributed by atoms with Crippen LogP contribution in [0.2, 0.25) is 0 Å². The van der Waals surface area contributed by atoms with Crippen LogP contribution in [0.25, 0.3) is 87.6 Å². The van der Waals surface area contributed by atoms with Gasteiger partial charge in [0.1, 0.15) is 11.2 Å². The van der Waals surface area contributed by atoms with Crippen LogP contribution in [0.3, 0.4) is 0 Å². The van der Waals surface area contributed by atoms with Crippen LogP contribution in [-0.4, -0.2) is 0 Å². The van der Waals surface area contributed by atoms with Crippen molar-refractivity contribution in [3.05, 3.63) is 145 Å². The van der Waals surface area contributed by atoms with Crippen LogP contribution in [-0.2, 0) is 5.41 Å². The first-order valence-electron chi connectivity index (χ1n) is 15.8. The van der Waals surface area contributed by atoms with E-state index < -0.39 is 0 Å². The first-order valence-corrected chi connectivity index (χ1v) is 15.8. The van der Waals surface area contributed by atoms with Gasteiger partial charge in [0.15, 0.2) is 0 Å². The van der Waals surface area contributed by atoms with Gasteiger partial charge >= 0.3 is 0 Å². The Morgan fingerprint density at radius 2 is 1.02 bits per heavy atom. The minimum absolute atomic E-state index is 0.0741. The van der Waals surface area contributed by atoms with Crippen LogP contribution in [0, 0.1) is 0 Å². The van der Waals surface area contributed by atoms with Crippen molar-refractivity contribution in [2.24, 2.45) is 0 Å². The van der Waals surface area contributed by atoms with E-state index in [-0.39, 0.29) is 5.41 Å². The number of furan rings is 1. The molecule has 0 bridgehead atoms. The lowest BCUT2D eigenvalue weighted by Gasteiger charge is -2.23. The molecular formula is C44H32O. The fourth-order valence-electron chi connectivity index (χ4n) is 7.29. The second-order valence-electron chi connectivity index (χ2n) is 13.3. The van der Waals surface area contributed by atoms with Crippen LogP contribution in [0.15, 0.2) is 144 Å². The Kier molecular flexibility index (Phi) is 5.53. The largest absolute Gasteiger partial charge is 0.456 e. The predicted octanol–water partition coefficient (Wildman–Crippen LogP) is 12.8. The van der Waals surface area contributed by atoms with Crippen LogP contribution in [0.5, 0.6) is 0 Å². The molecule has 0 aliphatic carbocycles. The molecule has 1 heteroatoms. The third-order valence-corrected chi connectivity index (χ3v) is 9.57. The smallest absolute Gasteiger partial charge is 0.136 e. The summed E-state index contributed by atoms with van der Waals surface area (Å²) in [6.45, 7) is 6.89. The Morgan fingerprint density at radius 3 is 1.78 bits per heavy atom. The highest BCUT2D eigenvalue weighted by molar-refractivity contribution is 6.28. The van der Waals surface area contributed by atoms with E-state index in [0.717, 1.165) is 27.5 Å². The predicted molar refractivity (Wildman–Crippen MR) is 192 cm³/mol. The van der Waals surface area contributed by atoms with Crippen LogP contribution in [0.1, 0.15) is 26.3 Å². The summed E-state index contributed by atoms with van der Waals surface area (Å²) in [5.74, 6) is 0. The molecule has 0 aliphatic rings. The molecule has 0 amide bonds. The molecular weight excluding hydrogens is 544 g/mol. The van der Waals surface area contributed by atoms with Gasteiger partial charge in [0.25, 0.3) is 0 Å². The van der Waals surface area contributed by atoms with Crippen molar-refractivity contribution < 1.29 is 4.42 Å². The normalized spacial score (nSPS) is 12.3. The van der Waals surface area contributed by atoms with E-state index in [9.17, 15) is 0 Å². The van der Waals surface area contributed by atoms with E-state index in [2.05, 4.69) is 148 Å². The van der Waals surface area contributed by atoms with Gasteiger partial charge in [0.05, 0.1) is 0 Å². The third kappa shape index (κ3) is 4.01. The van der Waals surface area contributed by atoms with Crippen molar-refractivity contribution in [2.45, 2.75) is 26.2 Å². The zero-order valence-electron chi connectivity index (χ0n) is 25.7. The van der Waals surface area contributed by atoms with Crippen molar-refractivity contribution in [3.63, 3.8) is 0 Å². The van der Waals surface area contributed by atoms with Gasteiger partial charge in [0, 0.05) is 10.8 Å². The van der Waals surface area contributed by atoms with E-state index in [1.165, 1.54) is 65.7 Å². The summed E-state index contributed by atoms with van der Waals surface area (Å²) >= 11 is 0. The summed E-state index contributed by atoms with van der Waals surface area (Å²) < 4.78 is 6.32. The molecule has 0 N–H and O–H groups in total. The summed E-state index contributed by atoms with van der Waals surface area (Å²) in [7, 11) is 0. The molecule has 1 aromatic heterocycles. The topological polar surface area (TPSA) is 13.1 Å².